The molecule has 14 heavy (non-hydrogen) atoms. The van der Waals surface area contributed by atoms with Gasteiger partial charge in [0.2, 0.25) is 0 Å². The molecule has 0 saturated carbocycles. The highest BCUT2D eigenvalue weighted by atomic mass is 16.6. The van der Waals surface area contributed by atoms with Crippen LogP contribution < -0.4 is 10.5 Å². The van der Waals surface area contributed by atoms with Crippen LogP contribution in [0.1, 0.15) is 17.2 Å². The van der Waals surface area contributed by atoms with E-state index in [0.717, 1.165) is 5.56 Å². The molecule has 1 unspecified atom stereocenters. The number of fused-ring (bicyclic) bond motifs is 1. The van der Waals surface area contributed by atoms with Crippen molar-refractivity contribution in [2.45, 2.75) is 13.0 Å². The lowest BCUT2D eigenvalue weighted by Crippen LogP contribution is -2.10. The highest BCUT2D eigenvalue weighted by Gasteiger charge is 2.25. The molecule has 2 rings (SSSR count). The number of benzene rings is 1. The molecular weight excluding hydrogens is 184 g/mol. The third kappa shape index (κ3) is 1.22. The molecule has 0 bridgehead atoms. The van der Waals surface area contributed by atoms with E-state index in [1.54, 1.807) is 13.0 Å². The number of nitro groups is 1. The Morgan fingerprint density at radius 3 is 3.00 bits per heavy atom. The summed E-state index contributed by atoms with van der Waals surface area (Å²) in [5.74, 6) is 0.667. The van der Waals surface area contributed by atoms with E-state index in [1.165, 1.54) is 6.07 Å². The van der Waals surface area contributed by atoms with Crippen molar-refractivity contribution in [3.63, 3.8) is 0 Å². The van der Waals surface area contributed by atoms with Gasteiger partial charge in [0, 0.05) is 17.2 Å². The van der Waals surface area contributed by atoms with Crippen LogP contribution in [0.4, 0.5) is 5.69 Å². The fourth-order valence-electron chi connectivity index (χ4n) is 1.57. The van der Waals surface area contributed by atoms with Crippen molar-refractivity contribution in [2.24, 2.45) is 5.73 Å². The summed E-state index contributed by atoms with van der Waals surface area (Å²) in [6.07, 6.45) is 0. The molecule has 0 aromatic heterocycles. The van der Waals surface area contributed by atoms with Gasteiger partial charge in [0.25, 0.3) is 5.69 Å². The summed E-state index contributed by atoms with van der Waals surface area (Å²) in [4.78, 5) is 10.3. The monoisotopic (exact) mass is 194 g/mol. The Labute approximate surface area is 80.6 Å². The maximum Gasteiger partial charge on any atom is 0.272 e. The quantitative estimate of drug-likeness (QED) is 0.539. The zero-order chi connectivity index (χ0) is 10.3. The summed E-state index contributed by atoms with van der Waals surface area (Å²) in [5, 5.41) is 10.7. The summed E-state index contributed by atoms with van der Waals surface area (Å²) in [7, 11) is 0. The highest BCUT2D eigenvalue weighted by Crippen LogP contribution is 2.35. The molecule has 0 radical (unpaired) electrons. The number of hydrogen-bond donors (Lipinski definition) is 1. The van der Waals surface area contributed by atoms with Crippen molar-refractivity contribution in [3.05, 3.63) is 33.4 Å². The number of rotatable bonds is 1. The molecule has 1 atom stereocenters. The molecule has 1 heterocycles. The van der Waals surface area contributed by atoms with Gasteiger partial charge in [-0.05, 0) is 13.0 Å². The van der Waals surface area contributed by atoms with Crippen molar-refractivity contribution in [2.75, 3.05) is 6.61 Å². The van der Waals surface area contributed by atoms with E-state index < -0.39 is 4.92 Å². The maximum atomic E-state index is 10.7. The number of ether oxygens (including phenoxy) is 1. The summed E-state index contributed by atoms with van der Waals surface area (Å²) in [6, 6.07) is 2.92. The van der Waals surface area contributed by atoms with E-state index in [1.807, 2.05) is 0 Å². The van der Waals surface area contributed by atoms with Crippen molar-refractivity contribution in [3.8, 4) is 5.75 Å². The second-order valence-electron chi connectivity index (χ2n) is 3.35. The molecule has 1 aromatic rings. The minimum absolute atomic E-state index is 0.102. The predicted octanol–water partition coefficient (Wildman–Crippen LogP) is 1.30. The van der Waals surface area contributed by atoms with Crippen molar-refractivity contribution in [1.29, 1.82) is 0 Å². The first-order valence-corrected chi connectivity index (χ1v) is 4.27. The van der Waals surface area contributed by atoms with E-state index in [-0.39, 0.29) is 11.7 Å². The molecule has 74 valence electrons. The van der Waals surface area contributed by atoms with Crippen molar-refractivity contribution >= 4 is 5.69 Å². The molecule has 0 aliphatic carbocycles. The number of nitrogens with two attached hydrogens (primary N) is 1. The summed E-state index contributed by atoms with van der Waals surface area (Å²) >= 11 is 0. The molecule has 0 spiro atoms. The van der Waals surface area contributed by atoms with Gasteiger partial charge >= 0.3 is 0 Å². The fourth-order valence-corrected chi connectivity index (χ4v) is 1.57. The van der Waals surface area contributed by atoms with Crippen LogP contribution in [0.5, 0.6) is 5.75 Å². The van der Waals surface area contributed by atoms with E-state index in [9.17, 15) is 10.1 Å². The van der Waals surface area contributed by atoms with Crippen molar-refractivity contribution in [1.82, 2.24) is 0 Å². The smallest absolute Gasteiger partial charge is 0.272 e. The number of hydrogen-bond acceptors (Lipinski definition) is 4. The molecule has 1 aliphatic heterocycles. The maximum absolute atomic E-state index is 10.7. The number of nitrogens with zero attached hydrogens (tertiary/aromatic N) is 1. The van der Waals surface area contributed by atoms with Crippen LogP contribution in [0.15, 0.2) is 12.1 Å². The molecule has 0 saturated heterocycles. The van der Waals surface area contributed by atoms with Crippen molar-refractivity contribution < 1.29 is 9.66 Å². The molecule has 5 heteroatoms. The van der Waals surface area contributed by atoms with Gasteiger partial charge in [-0.25, -0.2) is 0 Å². The first kappa shape index (κ1) is 8.96. The minimum atomic E-state index is -0.402. The molecule has 1 aromatic carbocycles. The molecular formula is C9H10N2O3. The van der Waals surface area contributed by atoms with Crippen LogP contribution in [0.2, 0.25) is 0 Å². The lowest BCUT2D eigenvalue weighted by molar-refractivity contribution is -0.385. The van der Waals surface area contributed by atoms with Crippen LogP contribution in [0, 0.1) is 17.0 Å². The Morgan fingerprint density at radius 2 is 2.36 bits per heavy atom. The molecule has 5 nitrogen and oxygen atoms in total. The number of nitro benzene ring substituents is 1. The second-order valence-corrected chi connectivity index (χ2v) is 3.35. The van der Waals surface area contributed by atoms with Crippen LogP contribution >= 0.6 is 0 Å². The lowest BCUT2D eigenvalue weighted by Gasteiger charge is -2.02. The summed E-state index contributed by atoms with van der Waals surface area (Å²) in [5.41, 5.74) is 7.14. The highest BCUT2D eigenvalue weighted by molar-refractivity contribution is 5.52. The van der Waals surface area contributed by atoms with Crippen LogP contribution in [0.3, 0.4) is 0 Å². The molecule has 0 amide bonds. The van der Waals surface area contributed by atoms with Gasteiger partial charge < -0.3 is 10.5 Å². The van der Waals surface area contributed by atoms with Gasteiger partial charge in [0.1, 0.15) is 12.4 Å². The van der Waals surface area contributed by atoms with Gasteiger partial charge in [0.05, 0.1) is 11.0 Å². The Bertz CT molecular complexity index is 403. The Balaban J connectivity index is 2.57. The van der Waals surface area contributed by atoms with E-state index in [4.69, 9.17) is 10.5 Å². The Morgan fingerprint density at radius 1 is 1.64 bits per heavy atom. The summed E-state index contributed by atoms with van der Waals surface area (Å²) in [6.45, 7) is 2.08. The lowest BCUT2D eigenvalue weighted by atomic mass is 10.1. The second kappa shape index (κ2) is 2.95. The topological polar surface area (TPSA) is 78.4 Å². The van der Waals surface area contributed by atoms with E-state index in [0.29, 0.717) is 17.9 Å². The van der Waals surface area contributed by atoms with E-state index >= 15 is 0 Å². The SMILES string of the molecule is Cc1cc2c(cc1[N+](=O)[O-])C(N)CO2. The molecule has 0 fully saturated rings. The van der Waals surface area contributed by atoms with Crippen LogP contribution in [-0.2, 0) is 0 Å². The largest absolute Gasteiger partial charge is 0.491 e. The van der Waals surface area contributed by atoms with Gasteiger partial charge in [-0.1, -0.05) is 0 Å². The predicted molar refractivity (Wildman–Crippen MR) is 50.3 cm³/mol. The average molecular weight is 194 g/mol. The first-order valence-electron chi connectivity index (χ1n) is 4.27. The third-order valence-corrected chi connectivity index (χ3v) is 2.34. The normalized spacial score (nSPS) is 18.9. The fraction of sp³-hybridized carbons (Fsp3) is 0.333. The Kier molecular flexibility index (Phi) is 1.89. The van der Waals surface area contributed by atoms with Gasteiger partial charge in [-0.2, -0.15) is 0 Å². The third-order valence-electron chi connectivity index (χ3n) is 2.34. The van der Waals surface area contributed by atoms with Gasteiger partial charge in [-0.3, -0.25) is 10.1 Å². The Hall–Kier alpha value is -1.62. The average Bonchev–Trinajstić information content (AvgIpc) is 2.46. The van der Waals surface area contributed by atoms with Crippen LogP contribution in [-0.4, -0.2) is 11.5 Å². The minimum Gasteiger partial charge on any atom is -0.491 e. The van der Waals surface area contributed by atoms with E-state index in [2.05, 4.69) is 0 Å². The zero-order valence-corrected chi connectivity index (χ0v) is 7.69. The van der Waals surface area contributed by atoms with Crippen LogP contribution in [0.25, 0.3) is 0 Å². The standard InChI is InChI=1S/C9H10N2O3/c1-5-2-9-6(7(10)4-14-9)3-8(5)11(12)13/h2-3,7H,4,10H2,1H3. The van der Waals surface area contributed by atoms with Gasteiger partial charge in [-0.15, -0.1) is 0 Å². The summed E-state index contributed by atoms with van der Waals surface area (Å²) < 4.78 is 5.28. The first-order chi connectivity index (χ1) is 6.59. The van der Waals surface area contributed by atoms with Gasteiger partial charge in [0.15, 0.2) is 0 Å². The molecule has 1 aliphatic rings. The molecule has 2 N–H and O–H groups in total. The number of aryl methyl sites for hydroxylation is 1. The zero-order valence-electron chi connectivity index (χ0n) is 7.69.